The van der Waals surface area contributed by atoms with E-state index in [-0.39, 0.29) is 11.4 Å². The highest BCUT2D eigenvalue weighted by Crippen LogP contribution is 2.33. The van der Waals surface area contributed by atoms with Crippen molar-refractivity contribution >= 4 is 5.97 Å². The fourth-order valence-corrected chi connectivity index (χ4v) is 5.38. The second-order valence-corrected chi connectivity index (χ2v) is 12.0. The highest BCUT2D eigenvalue weighted by molar-refractivity contribution is 5.76. The topological polar surface area (TPSA) is 26.3 Å². The molecule has 0 aromatic rings. The van der Waals surface area contributed by atoms with Crippen molar-refractivity contribution in [3.63, 3.8) is 0 Å². The van der Waals surface area contributed by atoms with Crippen LogP contribution in [0.1, 0.15) is 201 Å². The Bertz CT molecular complexity index is 446. The zero-order valence-corrected chi connectivity index (χ0v) is 25.6. The quantitative estimate of drug-likeness (QED) is 0.0741. The summed E-state index contributed by atoms with van der Waals surface area (Å²) in [6, 6.07) is 0. The van der Waals surface area contributed by atoms with Crippen LogP contribution in [0, 0.1) is 5.41 Å². The van der Waals surface area contributed by atoms with E-state index in [2.05, 4.69) is 27.7 Å². The minimum atomic E-state index is -0.274. The highest BCUT2D eigenvalue weighted by Gasteiger charge is 2.33. The van der Waals surface area contributed by atoms with E-state index >= 15 is 0 Å². The van der Waals surface area contributed by atoms with Crippen LogP contribution in [-0.4, -0.2) is 12.6 Å². The van der Waals surface area contributed by atoms with Crippen molar-refractivity contribution in [3.8, 4) is 0 Å². The summed E-state index contributed by atoms with van der Waals surface area (Å²) < 4.78 is 5.86. The lowest BCUT2D eigenvalue weighted by atomic mass is 9.79. The molecule has 0 saturated heterocycles. The Balaban J connectivity index is 4.24. The number of carbonyl (C=O) groups is 1. The zero-order chi connectivity index (χ0) is 26.6. The van der Waals surface area contributed by atoms with Gasteiger partial charge in [0, 0.05) is 0 Å². The van der Waals surface area contributed by atoms with Gasteiger partial charge in [0.25, 0.3) is 0 Å². The fourth-order valence-electron chi connectivity index (χ4n) is 5.38. The van der Waals surface area contributed by atoms with Crippen LogP contribution >= 0.6 is 0 Å². The van der Waals surface area contributed by atoms with Crippen LogP contribution < -0.4 is 0 Å². The first-order valence-electron chi connectivity index (χ1n) is 16.8. The van der Waals surface area contributed by atoms with Gasteiger partial charge in [-0.05, 0) is 26.2 Å². The van der Waals surface area contributed by atoms with Gasteiger partial charge in [-0.15, -0.1) is 0 Å². The Labute approximate surface area is 228 Å². The Morgan fingerprint density at radius 3 is 1.06 bits per heavy atom. The summed E-state index contributed by atoms with van der Waals surface area (Å²) in [6.45, 7) is 9.66. The molecule has 0 radical (unpaired) electrons. The first-order chi connectivity index (χ1) is 17.6. The molecule has 0 aromatic carbocycles. The monoisotopic (exact) mass is 509 g/mol. The number of rotatable bonds is 29. The molecule has 2 nitrogen and oxygen atoms in total. The second-order valence-electron chi connectivity index (χ2n) is 12.0. The maximum Gasteiger partial charge on any atom is 0.311 e. The van der Waals surface area contributed by atoms with Gasteiger partial charge in [-0.25, -0.2) is 0 Å². The number of carbonyl (C=O) groups excluding carboxylic acids is 1. The zero-order valence-electron chi connectivity index (χ0n) is 25.6. The number of ether oxygens (including phenoxy) is 1. The standard InChI is InChI=1S/C34H68O2/c1-5-8-11-14-17-19-20-22-25-28-31-34(4,30-27-24-21-18-15-12-9-6-2)33(35)36-32-29-26-23-16-13-10-7-3/h5-32H2,1-4H3. The van der Waals surface area contributed by atoms with Gasteiger partial charge in [0.2, 0.25) is 0 Å². The lowest BCUT2D eigenvalue weighted by molar-refractivity contribution is -0.156. The van der Waals surface area contributed by atoms with E-state index in [0.29, 0.717) is 6.61 Å². The molecule has 0 aromatic heterocycles. The third kappa shape index (κ3) is 22.7. The molecule has 216 valence electrons. The molecular weight excluding hydrogens is 440 g/mol. The van der Waals surface area contributed by atoms with Crippen LogP contribution in [0.3, 0.4) is 0 Å². The normalized spacial score (nSPS) is 13.1. The smallest absolute Gasteiger partial charge is 0.311 e. The SMILES string of the molecule is CCCCCCCCCCCCC(C)(CCCCCCCCCC)C(=O)OCCCCCCCCC. The van der Waals surface area contributed by atoms with E-state index in [1.54, 1.807) is 0 Å². The number of hydrogen-bond acceptors (Lipinski definition) is 2. The van der Waals surface area contributed by atoms with Crippen LogP contribution in [0.15, 0.2) is 0 Å². The first kappa shape index (κ1) is 35.5. The molecule has 0 fully saturated rings. The number of hydrogen-bond donors (Lipinski definition) is 0. The third-order valence-corrected chi connectivity index (χ3v) is 8.14. The summed E-state index contributed by atoms with van der Waals surface area (Å²) in [7, 11) is 0. The Hall–Kier alpha value is -0.530. The van der Waals surface area contributed by atoms with E-state index in [4.69, 9.17) is 4.74 Å². The van der Waals surface area contributed by atoms with E-state index in [1.165, 1.54) is 154 Å². The van der Waals surface area contributed by atoms with Crippen molar-refractivity contribution in [1.29, 1.82) is 0 Å². The number of unbranched alkanes of at least 4 members (excludes halogenated alkanes) is 22. The molecule has 0 amide bonds. The van der Waals surface area contributed by atoms with Gasteiger partial charge >= 0.3 is 5.97 Å². The van der Waals surface area contributed by atoms with Crippen molar-refractivity contribution in [2.75, 3.05) is 6.61 Å². The van der Waals surface area contributed by atoms with Crippen LogP contribution in [0.25, 0.3) is 0 Å². The molecule has 1 unspecified atom stereocenters. The summed E-state index contributed by atoms with van der Waals surface area (Å²) in [5.41, 5.74) is -0.274. The third-order valence-electron chi connectivity index (χ3n) is 8.14. The second kappa shape index (κ2) is 27.5. The average Bonchev–Trinajstić information content (AvgIpc) is 2.88. The van der Waals surface area contributed by atoms with Crippen molar-refractivity contribution < 1.29 is 9.53 Å². The van der Waals surface area contributed by atoms with E-state index in [9.17, 15) is 4.79 Å². The van der Waals surface area contributed by atoms with Gasteiger partial charge in [0.1, 0.15) is 0 Å². The van der Waals surface area contributed by atoms with Crippen molar-refractivity contribution in [2.24, 2.45) is 5.41 Å². The lowest BCUT2D eigenvalue weighted by Crippen LogP contribution is -2.30. The molecule has 0 N–H and O–H groups in total. The predicted octanol–water partition coefficient (Wildman–Crippen LogP) is 12.1. The molecule has 0 aliphatic rings. The van der Waals surface area contributed by atoms with Crippen molar-refractivity contribution in [1.82, 2.24) is 0 Å². The van der Waals surface area contributed by atoms with Crippen LogP contribution in [0.5, 0.6) is 0 Å². The summed E-state index contributed by atoms with van der Waals surface area (Å²) in [5, 5.41) is 0. The van der Waals surface area contributed by atoms with E-state index in [1.807, 2.05) is 0 Å². The van der Waals surface area contributed by atoms with Gasteiger partial charge in [-0.3, -0.25) is 4.79 Å². The van der Waals surface area contributed by atoms with Crippen LogP contribution in [0.2, 0.25) is 0 Å². The molecule has 0 heterocycles. The molecule has 0 bridgehead atoms. The Morgan fingerprint density at radius 1 is 0.444 bits per heavy atom. The van der Waals surface area contributed by atoms with Crippen molar-refractivity contribution in [3.05, 3.63) is 0 Å². The van der Waals surface area contributed by atoms with E-state index < -0.39 is 0 Å². The van der Waals surface area contributed by atoms with Gasteiger partial charge in [-0.2, -0.15) is 0 Å². The number of esters is 1. The fraction of sp³-hybridized carbons (Fsp3) is 0.971. The van der Waals surface area contributed by atoms with Gasteiger partial charge < -0.3 is 4.74 Å². The van der Waals surface area contributed by atoms with Crippen LogP contribution in [-0.2, 0) is 9.53 Å². The van der Waals surface area contributed by atoms with Gasteiger partial charge in [0.15, 0.2) is 0 Å². The molecule has 2 heteroatoms. The molecule has 0 saturated carbocycles. The van der Waals surface area contributed by atoms with Crippen molar-refractivity contribution in [2.45, 2.75) is 201 Å². The van der Waals surface area contributed by atoms with Gasteiger partial charge in [-0.1, -0.05) is 175 Å². The minimum Gasteiger partial charge on any atom is -0.465 e. The van der Waals surface area contributed by atoms with Crippen LogP contribution in [0.4, 0.5) is 0 Å². The molecular formula is C34H68O2. The summed E-state index contributed by atoms with van der Waals surface area (Å²) >= 11 is 0. The Kier molecular flexibility index (Phi) is 27.1. The van der Waals surface area contributed by atoms with Gasteiger partial charge in [0.05, 0.1) is 12.0 Å². The largest absolute Gasteiger partial charge is 0.465 e. The maximum absolute atomic E-state index is 13.1. The summed E-state index contributed by atoms with van der Waals surface area (Å²) in [6.07, 6.45) is 34.9. The lowest BCUT2D eigenvalue weighted by Gasteiger charge is -2.27. The highest BCUT2D eigenvalue weighted by atomic mass is 16.5. The molecule has 0 rings (SSSR count). The van der Waals surface area contributed by atoms with E-state index in [0.717, 1.165) is 19.3 Å². The molecule has 0 aliphatic carbocycles. The minimum absolute atomic E-state index is 0.0901. The molecule has 0 spiro atoms. The Morgan fingerprint density at radius 2 is 0.722 bits per heavy atom. The first-order valence-corrected chi connectivity index (χ1v) is 16.8. The molecule has 36 heavy (non-hydrogen) atoms. The molecule has 1 atom stereocenters. The summed E-state index contributed by atoms with van der Waals surface area (Å²) in [5.74, 6) is 0.0901. The average molecular weight is 509 g/mol. The summed E-state index contributed by atoms with van der Waals surface area (Å²) in [4.78, 5) is 13.1. The maximum atomic E-state index is 13.1. The molecule has 0 aliphatic heterocycles. The predicted molar refractivity (Wildman–Crippen MR) is 161 cm³/mol.